The molecule has 0 aromatic heterocycles. The lowest BCUT2D eigenvalue weighted by atomic mass is 10.1. The van der Waals surface area contributed by atoms with Gasteiger partial charge in [0.15, 0.2) is 0 Å². The SMILES string of the molecule is O=C1C(C(=O)N2CCc3ccccc32)CCN1c1ccc(F)cc1. The minimum absolute atomic E-state index is 0.130. The number of hydrogen-bond donors (Lipinski definition) is 0. The van der Waals surface area contributed by atoms with Crippen LogP contribution in [0.5, 0.6) is 0 Å². The summed E-state index contributed by atoms with van der Waals surface area (Å²) in [6, 6.07) is 13.6. The van der Waals surface area contributed by atoms with E-state index in [1.54, 1.807) is 21.9 Å². The van der Waals surface area contributed by atoms with Gasteiger partial charge in [-0.15, -0.1) is 0 Å². The van der Waals surface area contributed by atoms with Crippen LogP contribution in [0.4, 0.5) is 15.8 Å². The quantitative estimate of drug-likeness (QED) is 0.797. The molecule has 1 unspecified atom stereocenters. The largest absolute Gasteiger partial charge is 0.312 e. The van der Waals surface area contributed by atoms with Crippen LogP contribution in [0.1, 0.15) is 12.0 Å². The molecular weight excluding hydrogens is 307 g/mol. The van der Waals surface area contributed by atoms with Crippen LogP contribution in [-0.2, 0) is 16.0 Å². The fourth-order valence-corrected chi connectivity index (χ4v) is 3.54. The molecule has 2 aromatic rings. The maximum absolute atomic E-state index is 13.1. The zero-order valence-electron chi connectivity index (χ0n) is 13.1. The van der Waals surface area contributed by atoms with Gasteiger partial charge in [-0.05, 0) is 48.7 Å². The molecule has 0 spiro atoms. The summed E-state index contributed by atoms with van der Waals surface area (Å²) in [6.07, 6.45) is 1.32. The van der Waals surface area contributed by atoms with Crippen LogP contribution >= 0.6 is 0 Å². The summed E-state index contributed by atoms with van der Waals surface area (Å²) in [5.41, 5.74) is 2.70. The smallest absolute Gasteiger partial charge is 0.239 e. The van der Waals surface area contributed by atoms with Crippen LogP contribution < -0.4 is 9.80 Å². The number of fused-ring (bicyclic) bond motifs is 1. The first-order valence-corrected chi connectivity index (χ1v) is 8.11. The molecule has 1 fully saturated rings. The number of anilines is 2. The number of rotatable bonds is 2. The van der Waals surface area contributed by atoms with Gasteiger partial charge in [-0.25, -0.2) is 4.39 Å². The molecule has 0 saturated carbocycles. The van der Waals surface area contributed by atoms with E-state index in [9.17, 15) is 14.0 Å². The van der Waals surface area contributed by atoms with Crippen molar-refractivity contribution in [3.05, 3.63) is 59.9 Å². The maximum Gasteiger partial charge on any atom is 0.239 e. The molecule has 24 heavy (non-hydrogen) atoms. The highest BCUT2D eigenvalue weighted by molar-refractivity contribution is 6.14. The van der Waals surface area contributed by atoms with Crippen molar-refractivity contribution in [2.45, 2.75) is 12.8 Å². The molecular formula is C19H17FN2O2. The molecule has 0 aliphatic carbocycles. The van der Waals surface area contributed by atoms with Gasteiger partial charge in [0.25, 0.3) is 0 Å². The molecule has 5 heteroatoms. The molecule has 4 nitrogen and oxygen atoms in total. The molecule has 2 aromatic carbocycles. The molecule has 1 saturated heterocycles. The first-order chi connectivity index (χ1) is 11.6. The van der Waals surface area contributed by atoms with Gasteiger partial charge in [-0.1, -0.05) is 18.2 Å². The zero-order chi connectivity index (χ0) is 16.7. The molecule has 2 heterocycles. The van der Waals surface area contributed by atoms with Crippen LogP contribution in [-0.4, -0.2) is 24.9 Å². The van der Waals surface area contributed by atoms with Crippen molar-refractivity contribution in [1.29, 1.82) is 0 Å². The lowest BCUT2D eigenvalue weighted by Crippen LogP contribution is -2.39. The summed E-state index contributed by atoms with van der Waals surface area (Å²) < 4.78 is 13.1. The molecule has 0 bridgehead atoms. The van der Waals surface area contributed by atoms with Crippen LogP contribution in [0.3, 0.4) is 0 Å². The summed E-state index contributed by atoms with van der Waals surface area (Å²) in [7, 11) is 0. The monoisotopic (exact) mass is 324 g/mol. The minimum atomic E-state index is -0.652. The van der Waals surface area contributed by atoms with E-state index < -0.39 is 5.92 Å². The van der Waals surface area contributed by atoms with E-state index >= 15 is 0 Å². The Bertz CT molecular complexity index is 803. The number of benzene rings is 2. The van der Waals surface area contributed by atoms with Crippen molar-refractivity contribution in [2.24, 2.45) is 5.92 Å². The van der Waals surface area contributed by atoms with E-state index in [0.717, 1.165) is 17.7 Å². The Morgan fingerprint density at radius 3 is 2.58 bits per heavy atom. The highest BCUT2D eigenvalue weighted by atomic mass is 19.1. The fourth-order valence-electron chi connectivity index (χ4n) is 3.54. The lowest BCUT2D eigenvalue weighted by molar-refractivity contribution is -0.130. The predicted octanol–water partition coefficient (Wildman–Crippen LogP) is 2.77. The van der Waals surface area contributed by atoms with E-state index in [2.05, 4.69) is 0 Å². The van der Waals surface area contributed by atoms with Crippen molar-refractivity contribution in [3.63, 3.8) is 0 Å². The molecule has 2 aliphatic heterocycles. The number of hydrogen-bond acceptors (Lipinski definition) is 2. The normalized spacial score (nSPS) is 19.7. The first kappa shape index (κ1) is 14.9. The van der Waals surface area contributed by atoms with Crippen molar-refractivity contribution >= 4 is 23.2 Å². The number of halogens is 1. The van der Waals surface area contributed by atoms with Gasteiger partial charge in [-0.2, -0.15) is 0 Å². The topological polar surface area (TPSA) is 40.6 Å². The van der Waals surface area contributed by atoms with E-state index in [1.807, 2.05) is 24.3 Å². The van der Waals surface area contributed by atoms with Crippen LogP contribution in [0.15, 0.2) is 48.5 Å². The average Bonchev–Trinajstić information content (AvgIpc) is 3.19. The van der Waals surface area contributed by atoms with Crippen molar-refractivity contribution in [1.82, 2.24) is 0 Å². The lowest BCUT2D eigenvalue weighted by Gasteiger charge is -2.21. The third-order valence-corrected chi connectivity index (χ3v) is 4.80. The molecule has 0 radical (unpaired) electrons. The first-order valence-electron chi connectivity index (χ1n) is 8.11. The van der Waals surface area contributed by atoms with Gasteiger partial charge in [0, 0.05) is 24.5 Å². The summed E-state index contributed by atoms with van der Waals surface area (Å²) >= 11 is 0. The van der Waals surface area contributed by atoms with E-state index in [0.29, 0.717) is 25.2 Å². The van der Waals surface area contributed by atoms with Crippen LogP contribution in [0.2, 0.25) is 0 Å². The van der Waals surface area contributed by atoms with Gasteiger partial charge in [-0.3, -0.25) is 9.59 Å². The van der Waals surface area contributed by atoms with Gasteiger partial charge in [0.2, 0.25) is 11.8 Å². The van der Waals surface area contributed by atoms with Crippen LogP contribution in [0.25, 0.3) is 0 Å². The number of amides is 2. The summed E-state index contributed by atoms with van der Waals surface area (Å²) in [5, 5.41) is 0. The maximum atomic E-state index is 13.1. The fraction of sp³-hybridized carbons (Fsp3) is 0.263. The molecule has 122 valence electrons. The summed E-state index contributed by atoms with van der Waals surface area (Å²) in [5.74, 6) is -1.32. The number of carbonyl (C=O) groups excluding carboxylic acids is 2. The number of nitrogens with zero attached hydrogens (tertiary/aromatic N) is 2. The molecule has 2 amide bonds. The minimum Gasteiger partial charge on any atom is -0.312 e. The summed E-state index contributed by atoms with van der Waals surface area (Å²) in [6.45, 7) is 1.11. The molecule has 0 N–H and O–H groups in total. The molecule has 4 rings (SSSR count). The van der Waals surface area contributed by atoms with Gasteiger partial charge < -0.3 is 9.80 Å². The van der Waals surface area contributed by atoms with Crippen molar-refractivity contribution < 1.29 is 14.0 Å². The Hall–Kier alpha value is -2.69. The number of para-hydroxylation sites is 1. The highest BCUT2D eigenvalue weighted by Crippen LogP contribution is 2.32. The second-order valence-electron chi connectivity index (χ2n) is 6.18. The molecule has 2 aliphatic rings. The standard InChI is InChI=1S/C19H17FN2O2/c20-14-5-7-15(8-6-14)21-12-10-16(18(21)23)19(24)22-11-9-13-3-1-2-4-17(13)22/h1-8,16H,9-12H2. The van der Waals surface area contributed by atoms with Gasteiger partial charge >= 0.3 is 0 Å². The van der Waals surface area contributed by atoms with Crippen molar-refractivity contribution in [3.8, 4) is 0 Å². The predicted molar refractivity (Wildman–Crippen MR) is 89.4 cm³/mol. The van der Waals surface area contributed by atoms with E-state index in [4.69, 9.17) is 0 Å². The Labute approximate surface area is 139 Å². The Morgan fingerprint density at radius 1 is 1.04 bits per heavy atom. The number of carbonyl (C=O) groups is 2. The summed E-state index contributed by atoms with van der Waals surface area (Å²) in [4.78, 5) is 28.9. The Balaban J connectivity index is 1.55. The van der Waals surface area contributed by atoms with Crippen molar-refractivity contribution in [2.75, 3.05) is 22.9 Å². The van der Waals surface area contributed by atoms with E-state index in [1.165, 1.54) is 12.1 Å². The Morgan fingerprint density at radius 2 is 1.79 bits per heavy atom. The van der Waals surface area contributed by atoms with Gasteiger partial charge in [0.05, 0.1) is 0 Å². The van der Waals surface area contributed by atoms with E-state index in [-0.39, 0.29) is 17.6 Å². The average molecular weight is 324 g/mol. The van der Waals surface area contributed by atoms with Crippen LogP contribution in [0, 0.1) is 11.7 Å². The molecule has 1 atom stereocenters. The highest BCUT2D eigenvalue weighted by Gasteiger charge is 2.41. The second-order valence-corrected chi connectivity index (χ2v) is 6.18. The second kappa shape index (κ2) is 5.74. The van der Waals surface area contributed by atoms with Gasteiger partial charge in [0.1, 0.15) is 11.7 Å². The Kier molecular flexibility index (Phi) is 3.56. The zero-order valence-corrected chi connectivity index (χ0v) is 13.1. The third kappa shape index (κ3) is 2.37. The third-order valence-electron chi connectivity index (χ3n) is 4.80.